The van der Waals surface area contributed by atoms with Gasteiger partial charge in [0.05, 0.1) is 26.4 Å². The van der Waals surface area contributed by atoms with E-state index in [4.69, 9.17) is 14.0 Å². The van der Waals surface area contributed by atoms with Gasteiger partial charge >= 0.3 is 27.6 Å². The van der Waals surface area contributed by atoms with Crippen molar-refractivity contribution in [3.05, 3.63) is 48.6 Å². The molecule has 68 heavy (non-hydrogen) atoms. The lowest BCUT2D eigenvalue weighted by molar-refractivity contribution is -0.148. The predicted molar refractivity (Wildman–Crippen MR) is 270 cm³/mol. The van der Waals surface area contributed by atoms with Crippen LogP contribution < -0.4 is 0 Å². The van der Waals surface area contributed by atoms with Gasteiger partial charge in [-0.3, -0.25) is 27.7 Å². The third-order valence-electron chi connectivity index (χ3n) is 10.9. The van der Waals surface area contributed by atoms with E-state index in [-0.39, 0.29) is 12.8 Å². The summed E-state index contributed by atoms with van der Waals surface area (Å²) in [7, 11) is -9.58. The Morgan fingerprint density at radius 1 is 0.397 bits per heavy atom. The summed E-state index contributed by atoms with van der Waals surface area (Å²) in [6, 6.07) is 0. The first-order chi connectivity index (χ1) is 32.8. The first kappa shape index (κ1) is 66.0. The molecule has 5 unspecified atom stereocenters. The van der Waals surface area contributed by atoms with Crippen molar-refractivity contribution < 1.29 is 71.4 Å². The highest BCUT2D eigenvalue weighted by molar-refractivity contribution is 7.47. The van der Waals surface area contributed by atoms with Crippen LogP contribution in [0.2, 0.25) is 0 Å². The molecular weight excluding hydrogens is 914 g/mol. The summed E-state index contributed by atoms with van der Waals surface area (Å²) in [5.74, 6) is -1.01. The van der Waals surface area contributed by atoms with Gasteiger partial charge in [-0.2, -0.15) is 0 Å². The number of hydrogen-bond donors (Lipinski definition) is 5. The van der Waals surface area contributed by atoms with Crippen molar-refractivity contribution in [3.8, 4) is 0 Å². The smallest absolute Gasteiger partial charge is 0.463 e. The topological polar surface area (TPSA) is 225 Å². The van der Waals surface area contributed by atoms with Crippen molar-refractivity contribution >= 4 is 27.6 Å². The standard InChI is InChI=1S/C51H94O15P2/c1-3-5-7-9-11-13-15-17-19-20-21-22-23-24-26-28-30-32-34-36-38-40-51(56)62-42-48(53)44-64-68(59,60)66-46-49(54)45-65-67(57,58)63-43-47(52)41-61-50(55)39-37-35-33-31-29-27-25-18-16-14-12-10-8-6-4-2/h6,8,10,12,14,16,18,25,47-49,52-54H,3-5,7,9,11,13,15,17,19-24,26-46H2,1-2H3,(H,57,58)(H,59,60)/b8-6+,12-10+,16-14+,25-18-. The third kappa shape index (κ3) is 49.0. The fraction of sp³-hybridized carbons (Fsp3) is 0.804. The molecule has 15 nitrogen and oxygen atoms in total. The molecule has 0 spiro atoms. The maximum absolute atomic E-state index is 12.2. The van der Waals surface area contributed by atoms with Crippen molar-refractivity contribution in [2.45, 2.75) is 225 Å². The normalized spacial score (nSPS) is 15.3. The van der Waals surface area contributed by atoms with Gasteiger partial charge in [0.15, 0.2) is 0 Å². The molecule has 5 atom stereocenters. The molecule has 0 amide bonds. The van der Waals surface area contributed by atoms with E-state index in [0.717, 1.165) is 57.8 Å². The second-order valence-electron chi connectivity index (χ2n) is 17.6. The van der Waals surface area contributed by atoms with E-state index in [2.05, 4.69) is 39.6 Å². The molecule has 17 heteroatoms. The molecule has 0 aliphatic heterocycles. The number of carbonyl (C=O) groups is 2. The highest BCUT2D eigenvalue weighted by atomic mass is 31.2. The molecule has 0 aromatic carbocycles. The van der Waals surface area contributed by atoms with Gasteiger partial charge < -0.3 is 34.6 Å². The number of ether oxygens (including phenoxy) is 2. The summed E-state index contributed by atoms with van der Waals surface area (Å²) >= 11 is 0. The summed E-state index contributed by atoms with van der Waals surface area (Å²) in [5.41, 5.74) is 0. The number of phosphoric ester groups is 2. The lowest BCUT2D eigenvalue weighted by Gasteiger charge is -2.19. The van der Waals surface area contributed by atoms with E-state index >= 15 is 0 Å². The summed E-state index contributed by atoms with van der Waals surface area (Å²) in [5, 5.41) is 30.1. The van der Waals surface area contributed by atoms with E-state index in [1.54, 1.807) is 0 Å². The number of aliphatic hydroxyl groups excluding tert-OH is 3. The van der Waals surface area contributed by atoms with Gasteiger partial charge in [-0.05, 0) is 32.1 Å². The summed E-state index contributed by atoms with van der Waals surface area (Å²) in [6.07, 6.45) is 45.3. The minimum absolute atomic E-state index is 0.169. The summed E-state index contributed by atoms with van der Waals surface area (Å²) in [4.78, 5) is 43.8. The largest absolute Gasteiger partial charge is 0.472 e. The molecule has 0 radical (unpaired) electrons. The Hall–Kier alpha value is -2.00. The van der Waals surface area contributed by atoms with E-state index in [9.17, 15) is 43.8 Å². The summed E-state index contributed by atoms with van der Waals surface area (Å²) < 4.78 is 53.1. The fourth-order valence-electron chi connectivity index (χ4n) is 6.87. The quantitative estimate of drug-likeness (QED) is 0.0165. The van der Waals surface area contributed by atoms with Crippen molar-refractivity contribution in [1.82, 2.24) is 0 Å². The van der Waals surface area contributed by atoms with Crippen LogP contribution in [-0.4, -0.2) is 95.0 Å². The monoisotopic (exact) mass is 1010 g/mol. The molecule has 0 saturated carbocycles. The van der Waals surface area contributed by atoms with E-state index in [1.165, 1.54) is 109 Å². The highest BCUT2D eigenvalue weighted by Gasteiger charge is 2.28. The molecule has 0 aromatic heterocycles. The van der Waals surface area contributed by atoms with E-state index < -0.39 is 85.5 Å². The van der Waals surface area contributed by atoms with E-state index in [0.29, 0.717) is 12.8 Å². The molecule has 0 aliphatic rings. The second kappa shape index (κ2) is 47.3. The van der Waals surface area contributed by atoms with Crippen molar-refractivity contribution in [3.63, 3.8) is 0 Å². The molecule has 0 rings (SSSR count). The minimum atomic E-state index is -4.79. The first-order valence-corrected chi connectivity index (χ1v) is 29.0. The Balaban J connectivity index is 3.84. The third-order valence-corrected chi connectivity index (χ3v) is 12.8. The van der Waals surface area contributed by atoms with E-state index in [1.807, 2.05) is 36.5 Å². The zero-order valence-corrected chi connectivity index (χ0v) is 43.8. The Labute approximate surface area is 410 Å². The predicted octanol–water partition coefficient (Wildman–Crippen LogP) is 12.4. The first-order valence-electron chi connectivity index (χ1n) is 26.0. The van der Waals surface area contributed by atoms with Gasteiger partial charge in [0.2, 0.25) is 0 Å². The summed E-state index contributed by atoms with van der Waals surface area (Å²) in [6.45, 7) is 0.282. The fourth-order valence-corrected chi connectivity index (χ4v) is 8.46. The van der Waals surface area contributed by atoms with Gasteiger partial charge in [0, 0.05) is 12.8 Å². The lowest BCUT2D eigenvalue weighted by atomic mass is 10.0. The van der Waals surface area contributed by atoms with Crippen LogP contribution >= 0.6 is 15.6 Å². The Morgan fingerprint density at radius 3 is 1.01 bits per heavy atom. The molecule has 0 aromatic rings. The van der Waals surface area contributed by atoms with Crippen LogP contribution in [0.3, 0.4) is 0 Å². The van der Waals surface area contributed by atoms with Crippen molar-refractivity contribution in [2.75, 3.05) is 39.6 Å². The Bertz CT molecular complexity index is 1410. The molecule has 0 saturated heterocycles. The zero-order chi connectivity index (χ0) is 50.2. The maximum atomic E-state index is 12.2. The van der Waals surface area contributed by atoms with Crippen LogP contribution in [0.25, 0.3) is 0 Å². The van der Waals surface area contributed by atoms with Crippen LogP contribution in [0.15, 0.2) is 48.6 Å². The molecule has 5 N–H and O–H groups in total. The van der Waals surface area contributed by atoms with Gasteiger partial charge in [0.1, 0.15) is 31.5 Å². The highest BCUT2D eigenvalue weighted by Crippen LogP contribution is 2.45. The van der Waals surface area contributed by atoms with Gasteiger partial charge in [-0.15, -0.1) is 0 Å². The molecule has 0 bridgehead atoms. The number of allylic oxidation sites excluding steroid dienone is 8. The van der Waals surface area contributed by atoms with Gasteiger partial charge in [-0.25, -0.2) is 9.13 Å². The number of unbranched alkanes of at least 4 members (excludes halogenated alkanes) is 25. The number of phosphoric acid groups is 2. The van der Waals surface area contributed by atoms with Crippen LogP contribution in [0.4, 0.5) is 0 Å². The number of hydrogen-bond acceptors (Lipinski definition) is 13. The average Bonchev–Trinajstić information content (AvgIpc) is 3.31. The molecule has 398 valence electrons. The van der Waals surface area contributed by atoms with Crippen molar-refractivity contribution in [2.24, 2.45) is 0 Å². The van der Waals surface area contributed by atoms with Crippen LogP contribution in [-0.2, 0) is 46.3 Å². The molecule has 0 aliphatic carbocycles. The average molecular weight is 1010 g/mol. The molecular formula is C51H94O15P2. The second-order valence-corrected chi connectivity index (χ2v) is 20.5. The Morgan fingerprint density at radius 2 is 0.676 bits per heavy atom. The number of aliphatic hydroxyl groups is 3. The van der Waals surface area contributed by atoms with Gasteiger partial charge in [0.25, 0.3) is 0 Å². The van der Waals surface area contributed by atoms with Crippen LogP contribution in [0.1, 0.15) is 206 Å². The SMILES string of the molecule is CC/C=C/C=C/C=C/C=C\CCCCCCCC(=O)OCC(O)COP(=O)(O)OCC(O)COP(=O)(O)OCC(O)COC(=O)CCCCCCCCCCCCCCCCCCCCCCC. The van der Waals surface area contributed by atoms with Crippen molar-refractivity contribution in [1.29, 1.82) is 0 Å². The molecule has 0 heterocycles. The number of carbonyl (C=O) groups excluding carboxylic acids is 2. The van der Waals surface area contributed by atoms with Crippen LogP contribution in [0.5, 0.6) is 0 Å². The van der Waals surface area contributed by atoms with Gasteiger partial charge in [-0.1, -0.05) is 210 Å². The maximum Gasteiger partial charge on any atom is 0.472 e. The van der Waals surface area contributed by atoms with Crippen LogP contribution in [0, 0.1) is 0 Å². The number of rotatable bonds is 50. The number of esters is 2. The molecule has 0 fully saturated rings. The zero-order valence-electron chi connectivity index (χ0n) is 42.0. The lowest BCUT2D eigenvalue weighted by Crippen LogP contribution is -2.25. The minimum Gasteiger partial charge on any atom is -0.463 e. The Kier molecular flexibility index (Phi) is 45.9.